The van der Waals surface area contributed by atoms with Crippen molar-refractivity contribution in [3.8, 4) is 0 Å². The van der Waals surface area contributed by atoms with Gasteiger partial charge in [-0.05, 0) is 0 Å². The average molecular weight is 497 g/mol. The third-order valence-corrected chi connectivity index (χ3v) is 4.44. The molecule has 1 N–H and O–H groups in total. The summed E-state index contributed by atoms with van der Waals surface area (Å²) in [4.78, 5) is 35.5. The standard InChI is InChI=1S/C14H14ClIN4O6/c1-5(22)24-9-7(3-21)26-13(10(9)25-6(2)23)20-4-17-8-11(15)18-14(16)19-12(8)20/h4,7,9-10,13,21H,3H2,1-2H3/t7-,9?,10?,13-/m1/s1. The van der Waals surface area contributed by atoms with E-state index in [0.717, 1.165) is 0 Å². The fraction of sp³-hybridized carbons (Fsp3) is 0.500. The second-order valence-corrected chi connectivity index (χ2v) is 6.83. The highest BCUT2D eigenvalue weighted by atomic mass is 127. The SMILES string of the molecule is CC(=O)OC1C(OC(C)=O)[C@@H](CO)O[C@H]1n1cnc2c(Cl)nc(I)nc21. The Morgan fingerprint density at radius 3 is 2.58 bits per heavy atom. The van der Waals surface area contributed by atoms with Gasteiger partial charge < -0.3 is 19.3 Å². The molecule has 1 saturated heterocycles. The van der Waals surface area contributed by atoms with Crippen LogP contribution in [0.2, 0.25) is 5.15 Å². The van der Waals surface area contributed by atoms with Gasteiger partial charge in [0.2, 0.25) is 0 Å². The number of fused-ring (bicyclic) bond motifs is 1. The Morgan fingerprint density at radius 1 is 1.31 bits per heavy atom. The molecule has 2 aromatic heterocycles. The Balaban J connectivity index is 2.07. The van der Waals surface area contributed by atoms with Crippen molar-refractivity contribution < 1.29 is 28.9 Å². The average Bonchev–Trinajstić information content (AvgIpc) is 3.09. The molecular weight excluding hydrogens is 483 g/mol. The third kappa shape index (κ3) is 3.61. The molecular formula is C14H14ClIN4O6. The van der Waals surface area contributed by atoms with E-state index in [-0.39, 0.29) is 5.15 Å². The first kappa shape index (κ1) is 19.2. The van der Waals surface area contributed by atoms with Crippen LogP contribution in [-0.4, -0.2) is 61.5 Å². The number of rotatable bonds is 4. The number of imidazole rings is 1. The molecule has 3 heterocycles. The zero-order valence-corrected chi connectivity index (χ0v) is 16.5. The zero-order chi connectivity index (χ0) is 19.0. The molecule has 2 aromatic rings. The number of aliphatic hydroxyl groups is 1. The molecule has 4 atom stereocenters. The van der Waals surface area contributed by atoms with E-state index in [1.807, 2.05) is 22.6 Å². The number of esters is 2. The quantitative estimate of drug-likeness (QED) is 0.284. The summed E-state index contributed by atoms with van der Waals surface area (Å²) in [6.45, 7) is 2.00. The first-order valence-electron chi connectivity index (χ1n) is 7.48. The van der Waals surface area contributed by atoms with Gasteiger partial charge in [-0.3, -0.25) is 14.2 Å². The molecule has 140 valence electrons. The van der Waals surface area contributed by atoms with E-state index in [1.165, 1.54) is 24.7 Å². The summed E-state index contributed by atoms with van der Waals surface area (Å²) >= 11 is 7.99. The van der Waals surface area contributed by atoms with Crippen molar-refractivity contribution in [2.75, 3.05) is 6.61 Å². The summed E-state index contributed by atoms with van der Waals surface area (Å²) in [5.74, 6) is -1.18. The molecule has 10 nitrogen and oxygen atoms in total. The lowest BCUT2D eigenvalue weighted by Crippen LogP contribution is -2.40. The predicted molar refractivity (Wildman–Crippen MR) is 95.2 cm³/mol. The van der Waals surface area contributed by atoms with Crippen molar-refractivity contribution in [2.45, 2.75) is 38.4 Å². The van der Waals surface area contributed by atoms with Crippen molar-refractivity contribution in [1.29, 1.82) is 0 Å². The molecule has 1 aliphatic heterocycles. The summed E-state index contributed by atoms with van der Waals surface area (Å²) in [7, 11) is 0. The number of carbonyl (C=O) groups is 2. The summed E-state index contributed by atoms with van der Waals surface area (Å²) < 4.78 is 18.2. The van der Waals surface area contributed by atoms with E-state index in [9.17, 15) is 14.7 Å². The van der Waals surface area contributed by atoms with Crippen LogP contribution in [0.5, 0.6) is 0 Å². The molecule has 0 aliphatic carbocycles. The van der Waals surface area contributed by atoms with E-state index >= 15 is 0 Å². The highest BCUT2D eigenvalue weighted by Gasteiger charge is 2.50. The maximum absolute atomic E-state index is 11.6. The van der Waals surface area contributed by atoms with Crippen LogP contribution in [0.4, 0.5) is 0 Å². The van der Waals surface area contributed by atoms with Crippen LogP contribution in [0.15, 0.2) is 6.33 Å². The lowest BCUT2D eigenvalue weighted by atomic mass is 10.1. The molecule has 1 aliphatic rings. The fourth-order valence-electron chi connectivity index (χ4n) is 2.77. The van der Waals surface area contributed by atoms with Gasteiger partial charge in [-0.15, -0.1) is 0 Å². The molecule has 0 spiro atoms. The Kier molecular flexibility index (Phi) is 5.60. The zero-order valence-electron chi connectivity index (χ0n) is 13.6. The minimum atomic E-state index is -1.00. The fourth-order valence-corrected chi connectivity index (χ4v) is 3.60. The summed E-state index contributed by atoms with van der Waals surface area (Å²) in [5, 5.41) is 9.75. The van der Waals surface area contributed by atoms with Crippen LogP contribution in [0.3, 0.4) is 0 Å². The molecule has 1 fully saturated rings. The van der Waals surface area contributed by atoms with Gasteiger partial charge in [-0.1, -0.05) is 11.6 Å². The van der Waals surface area contributed by atoms with Gasteiger partial charge in [0.1, 0.15) is 11.6 Å². The van der Waals surface area contributed by atoms with Crippen LogP contribution in [-0.2, 0) is 23.8 Å². The van der Waals surface area contributed by atoms with Gasteiger partial charge in [0, 0.05) is 36.4 Å². The number of carbonyl (C=O) groups excluding carboxylic acids is 2. The van der Waals surface area contributed by atoms with E-state index in [0.29, 0.717) is 15.0 Å². The maximum Gasteiger partial charge on any atom is 0.303 e. The van der Waals surface area contributed by atoms with Gasteiger partial charge in [0.05, 0.1) is 12.9 Å². The van der Waals surface area contributed by atoms with Crippen LogP contribution < -0.4 is 0 Å². The molecule has 0 saturated carbocycles. The lowest BCUT2D eigenvalue weighted by molar-refractivity contribution is -0.165. The van der Waals surface area contributed by atoms with Crippen molar-refractivity contribution in [3.63, 3.8) is 0 Å². The van der Waals surface area contributed by atoms with E-state index < -0.39 is 43.1 Å². The number of aliphatic hydroxyl groups excluding tert-OH is 1. The predicted octanol–water partition coefficient (Wildman–Crippen LogP) is 0.837. The van der Waals surface area contributed by atoms with E-state index in [1.54, 1.807) is 0 Å². The van der Waals surface area contributed by atoms with Gasteiger partial charge in [-0.2, -0.15) is 0 Å². The number of halogens is 2. The number of aromatic nitrogens is 4. The van der Waals surface area contributed by atoms with Crippen LogP contribution in [0.1, 0.15) is 20.1 Å². The van der Waals surface area contributed by atoms with Crippen molar-refractivity contribution in [3.05, 3.63) is 15.3 Å². The Bertz CT molecular complexity index is 861. The largest absolute Gasteiger partial charge is 0.456 e. The Morgan fingerprint density at radius 2 is 1.96 bits per heavy atom. The van der Waals surface area contributed by atoms with E-state index in [4.69, 9.17) is 25.8 Å². The number of nitrogens with zero attached hydrogens (tertiary/aromatic N) is 4. The second-order valence-electron chi connectivity index (χ2n) is 5.50. The third-order valence-electron chi connectivity index (χ3n) is 3.70. The molecule has 0 aromatic carbocycles. The van der Waals surface area contributed by atoms with Gasteiger partial charge in [0.25, 0.3) is 0 Å². The van der Waals surface area contributed by atoms with Gasteiger partial charge in [0.15, 0.2) is 33.1 Å². The topological polar surface area (TPSA) is 126 Å². The maximum atomic E-state index is 11.6. The Hall–Kier alpha value is -1.57. The molecule has 0 radical (unpaired) electrons. The molecule has 3 rings (SSSR count). The van der Waals surface area contributed by atoms with Crippen LogP contribution in [0, 0.1) is 3.83 Å². The summed E-state index contributed by atoms with van der Waals surface area (Å²) in [6, 6.07) is 0. The summed E-state index contributed by atoms with van der Waals surface area (Å²) in [5.41, 5.74) is 0.699. The van der Waals surface area contributed by atoms with Crippen LogP contribution >= 0.6 is 34.2 Å². The smallest absolute Gasteiger partial charge is 0.303 e. The molecule has 26 heavy (non-hydrogen) atoms. The first-order valence-corrected chi connectivity index (χ1v) is 8.93. The van der Waals surface area contributed by atoms with Crippen molar-refractivity contribution in [1.82, 2.24) is 19.5 Å². The lowest BCUT2D eigenvalue weighted by Gasteiger charge is -2.23. The van der Waals surface area contributed by atoms with Crippen molar-refractivity contribution >= 4 is 57.3 Å². The number of hydrogen-bond acceptors (Lipinski definition) is 9. The highest BCUT2D eigenvalue weighted by Crippen LogP contribution is 2.36. The number of ether oxygens (including phenoxy) is 3. The molecule has 12 heteroatoms. The van der Waals surface area contributed by atoms with Gasteiger partial charge in [-0.25, -0.2) is 15.0 Å². The monoisotopic (exact) mass is 496 g/mol. The van der Waals surface area contributed by atoms with Crippen LogP contribution in [0.25, 0.3) is 11.2 Å². The minimum absolute atomic E-state index is 0.162. The summed E-state index contributed by atoms with van der Waals surface area (Å²) in [6.07, 6.45) is -2.39. The minimum Gasteiger partial charge on any atom is -0.456 e. The van der Waals surface area contributed by atoms with Gasteiger partial charge >= 0.3 is 11.9 Å². The highest BCUT2D eigenvalue weighted by molar-refractivity contribution is 14.1. The molecule has 0 bridgehead atoms. The number of hydrogen-bond donors (Lipinski definition) is 1. The second kappa shape index (κ2) is 7.58. The molecule has 0 amide bonds. The van der Waals surface area contributed by atoms with Crippen molar-refractivity contribution in [2.24, 2.45) is 0 Å². The molecule has 2 unspecified atom stereocenters. The van der Waals surface area contributed by atoms with E-state index in [2.05, 4.69) is 15.0 Å². The first-order chi connectivity index (χ1) is 12.3. The normalized spacial score (nSPS) is 25.4. The Labute approximate surface area is 165 Å².